The Labute approximate surface area is 182 Å². The number of rotatable bonds is 10. The summed E-state index contributed by atoms with van der Waals surface area (Å²) in [4.78, 5) is 0.216. The quantitative estimate of drug-likeness (QED) is 0.427. The van der Waals surface area contributed by atoms with Crippen LogP contribution in [0.15, 0.2) is 70.2 Å². The zero-order chi connectivity index (χ0) is 21.6. The number of hydrogen-bond acceptors (Lipinski definition) is 5. The second-order valence-electron chi connectivity index (χ2n) is 6.62. The van der Waals surface area contributed by atoms with Crippen LogP contribution >= 0.6 is 11.6 Å². The number of nitrogens with zero attached hydrogens (tertiary/aromatic N) is 1. The second kappa shape index (κ2) is 10.0. The highest BCUT2D eigenvalue weighted by Crippen LogP contribution is 2.29. The highest BCUT2D eigenvalue weighted by Gasteiger charge is 2.26. The van der Waals surface area contributed by atoms with Gasteiger partial charge < -0.3 is 13.9 Å². The third-order valence-corrected chi connectivity index (χ3v) is 6.66. The van der Waals surface area contributed by atoms with E-state index < -0.39 is 10.0 Å². The average Bonchev–Trinajstić information content (AvgIpc) is 3.27. The Hall–Kier alpha value is -2.48. The van der Waals surface area contributed by atoms with Crippen LogP contribution in [0.3, 0.4) is 0 Å². The van der Waals surface area contributed by atoms with Crippen LogP contribution < -0.4 is 9.47 Å². The van der Waals surface area contributed by atoms with E-state index in [9.17, 15) is 8.42 Å². The first-order chi connectivity index (χ1) is 14.5. The second-order valence-corrected chi connectivity index (χ2v) is 8.94. The molecule has 0 amide bonds. The molecule has 0 saturated carbocycles. The van der Waals surface area contributed by atoms with E-state index >= 15 is 0 Å². The fraction of sp³-hybridized carbons (Fsp3) is 0.273. The van der Waals surface area contributed by atoms with E-state index in [2.05, 4.69) is 0 Å². The molecule has 0 saturated heterocycles. The van der Waals surface area contributed by atoms with Crippen molar-refractivity contribution in [2.45, 2.75) is 24.4 Å². The summed E-state index contributed by atoms with van der Waals surface area (Å²) < 4.78 is 44.2. The van der Waals surface area contributed by atoms with Crippen molar-refractivity contribution in [2.75, 3.05) is 20.1 Å². The number of aryl methyl sites for hydroxylation is 1. The molecule has 1 aromatic heterocycles. The summed E-state index contributed by atoms with van der Waals surface area (Å²) in [6.07, 6.45) is 2.21. The molecule has 0 atom stereocenters. The fourth-order valence-corrected chi connectivity index (χ4v) is 4.68. The lowest BCUT2D eigenvalue weighted by Gasteiger charge is -2.22. The summed E-state index contributed by atoms with van der Waals surface area (Å²) >= 11 is 5.78. The van der Waals surface area contributed by atoms with Crippen LogP contribution in [0.25, 0.3) is 0 Å². The maximum Gasteiger partial charge on any atom is 0.243 e. The summed E-state index contributed by atoms with van der Waals surface area (Å²) in [7, 11) is -0.676. The molecule has 2 aromatic carbocycles. The predicted molar refractivity (Wildman–Crippen MR) is 116 cm³/mol. The van der Waals surface area contributed by atoms with Gasteiger partial charge in [-0.25, -0.2) is 8.42 Å². The summed E-state index contributed by atoms with van der Waals surface area (Å²) in [5.41, 5.74) is 1.75. The molecular weight excluding hydrogens is 426 g/mol. The number of halogens is 1. The minimum Gasteiger partial charge on any atom is -0.493 e. The molecule has 3 aromatic rings. The Morgan fingerprint density at radius 1 is 0.933 bits per heavy atom. The third-order valence-electron chi connectivity index (χ3n) is 4.66. The first kappa shape index (κ1) is 22.2. The SMILES string of the molecule is COc1ccc(CN(Cc2ccco2)S(=O)(=O)c2ccc(CCCl)cc2)cc1OC. The number of alkyl halides is 1. The van der Waals surface area contributed by atoms with Gasteiger partial charge in [-0.05, 0) is 53.9 Å². The number of hydrogen-bond donors (Lipinski definition) is 0. The monoisotopic (exact) mass is 449 g/mol. The minimum absolute atomic E-state index is 0.104. The van der Waals surface area contributed by atoms with Gasteiger partial charge in [0.15, 0.2) is 11.5 Å². The third kappa shape index (κ3) is 5.16. The summed E-state index contributed by atoms with van der Waals surface area (Å²) in [6, 6.07) is 15.6. The normalized spacial score (nSPS) is 11.6. The van der Waals surface area contributed by atoms with Crippen LogP contribution in [0.4, 0.5) is 0 Å². The standard InChI is InChI=1S/C22H24ClNO5S/c1-27-21-10-7-18(14-22(21)28-2)15-24(16-19-4-3-13-29-19)30(25,26)20-8-5-17(6-9-20)11-12-23/h3-10,13-14H,11-12,15-16H2,1-2H3. The zero-order valence-electron chi connectivity index (χ0n) is 16.9. The molecule has 160 valence electrons. The van der Waals surface area contributed by atoms with E-state index in [1.807, 2.05) is 6.07 Å². The molecule has 0 radical (unpaired) electrons. The highest BCUT2D eigenvalue weighted by atomic mass is 35.5. The van der Waals surface area contributed by atoms with Gasteiger partial charge in [-0.3, -0.25) is 0 Å². The van der Waals surface area contributed by atoms with Crippen molar-refractivity contribution in [3.63, 3.8) is 0 Å². The van der Waals surface area contributed by atoms with Crippen LogP contribution in [0, 0.1) is 0 Å². The zero-order valence-corrected chi connectivity index (χ0v) is 18.4. The molecule has 0 bridgehead atoms. The van der Waals surface area contributed by atoms with Gasteiger partial charge in [0.2, 0.25) is 10.0 Å². The molecule has 6 nitrogen and oxygen atoms in total. The van der Waals surface area contributed by atoms with Gasteiger partial charge >= 0.3 is 0 Å². The Morgan fingerprint density at radius 3 is 2.23 bits per heavy atom. The Balaban J connectivity index is 1.93. The van der Waals surface area contributed by atoms with Gasteiger partial charge in [0.1, 0.15) is 5.76 Å². The number of methoxy groups -OCH3 is 2. The minimum atomic E-state index is -3.77. The smallest absolute Gasteiger partial charge is 0.243 e. The summed E-state index contributed by atoms with van der Waals surface area (Å²) in [6.45, 7) is 0.250. The lowest BCUT2D eigenvalue weighted by atomic mass is 10.2. The molecule has 3 rings (SSSR count). The van der Waals surface area contributed by atoms with Crippen LogP contribution in [0.1, 0.15) is 16.9 Å². The molecular formula is C22H24ClNO5S. The van der Waals surface area contributed by atoms with E-state index in [4.69, 9.17) is 25.5 Å². The molecule has 0 N–H and O–H groups in total. The molecule has 0 aliphatic carbocycles. The Kier molecular flexibility index (Phi) is 7.42. The number of ether oxygens (including phenoxy) is 2. The highest BCUT2D eigenvalue weighted by molar-refractivity contribution is 7.89. The van der Waals surface area contributed by atoms with Gasteiger partial charge in [0, 0.05) is 12.4 Å². The van der Waals surface area contributed by atoms with Gasteiger partial charge in [-0.1, -0.05) is 18.2 Å². The molecule has 0 aliphatic rings. The van der Waals surface area contributed by atoms with Gasteiger partial charge in [-0.15, -0.1) is 11.6 Å². The number of benzene rings is 2. The average molecular weight is 450 g/mol. The van der Waals surface area contributed by atoms with Crippen molar-refractivity contribution in [3.05, 3.63) is 77.7 Å². The molecule has 8 heteroatoms. The fourth-order valence-electron chi connectivity index (χ4n) is 3.07. The summed E-state index contributed by atoms with van der Waals surface area (Å²) in [5, 5.41) is 0. The lowest BCUT2D eigenvalue weighted by Crippen LogP contribution is -2.30. The van der Waals surface area contributed by atoms with Gasteiger partial charge in [-0.2, -0.15) is 4.31 Å². The first-order valence-corrected chi connectivity index (χ1v) is 11.3. The van der Waals surface area contributed by atoms with E-state index in [-0.39, 0.29) is 18.0 Å². The summed E-state index contributed by atoms with van der Waals surface area (Å²) in [5.74, 6) is 2.15. The molecule has 0 spiro atoms. The van der Waals surface area contributed by atoms with Crippen LogP contribution in [-0.2, 0) is 29.5 Å². The molecule has 0 unspecified atom stereocenters. The number of furan rings is 1. The predicted octanol–water partition coefficient (Wildman–Crippen LogP) is 4.47. The molecule has 0 fully saturated rings. The maximum absolute atomic E-state index is 13.4. The maximum atomic E-state index is 13.4. The topological polar surface area (TPSA) is 69.0 Å². The van der Waals surface area contributed by atoms with Crippen molar-refractivity contribution in [1.82, 2.24) is 4.31 Å². The largest absolute Gasteiger partial charge is 0.493 e. The molecule has 1 heterocycles. The van der Waals surface area contributed by atoms with E-state index in [0.29, 0.717) is 29.6 Å². The van der Waals surface area contributed by atoms with E-state index in [0.717, 1.165) is 11.1 Å². The Morgan fingerprint density at radius 2 is 1.63 bits per heavy atom. The van der Waals surface area contributed by atoms with Crippen molar-refractivity contribution >= 4 is 21.6 Å². The number of sulfonamides is 1. The molecule has 0 aliphatic heterocycles. The van der Waals surface area contributed by atoms with Gasteiger partial charge in [0.25, 0.3) is 0 Å². The lowest BCUT2D eigenvalue weighted by molar-refractivity contribution is 0.347. The van der Waals surface area contributed by atoms with Gasteiger partial charge in [0.05, 0.1) is 31.9 Å². The van der Waals surface area contributed by atoms with Crippen LogP contribution in [0.5, 0.6) is 11.5 Å². The van der Waals surface area contributed by atoms with Crippen LogP contribution in [0.2, 0.25) is 0 Å². The molecule has 30 heavy (non-hydrogen) atoms. The van der Waals surface area contributed by atoms with Crippen molar-refractivity contribution < 1.29 is 22.3 Å². The van der Waals surface area contributed by atoms with E-state index in [1.165, 1.54) is 10.6 Å². The first-order valence-electron chi connectivity index (χ1n) is 9.36. The van der Waals surface area contributed by atoms with Crippen molar-refractivity contribution in [3.8, 4) is 11.5 Å². The van der Waals surface area contributed by atoms with Crippen LogP contribution in [-0.4, -0.2) is 32.8 Å². The van der Waals surface area contributed by atoms with E-state index in [1.54, 1.807) is 62.8 Å². The van der Waals surface area contributed by atoms with Crippen molar-refractivity contribution in [2.24, 2.45) is 0 Å². The van der Waals surface area contributed by atoms with Crippen molar-refractivity contribution in [1.29, 1.82) is 0 Å². The Bertz CT molecular complexity index is 1050.